The van der Waals surface area contributed by atoms with Gasteiger partial charge < -0.3 is 10.2 Å². The van der Waals surface area contributed by atoms with Crippen molar-refractivity contribution in [2.24, 2.45) is 0 Å². The molecule has 1 unspecified atom stereocenters. The zero-order valence-corrected chi connectivity index (χ0v) is 11.1. The van der Waals surface area contributed by atoms with Gasteiger partial charge in [0.25, 0.3) is 0 Å². The first kappa shape index (κ1) is 13.1. The normalized spacial score (nSPS) is 12.5. The summed E-state index contributed by atoms with van der Waals surface area (Å²) in [4.78, 5) is 18.4. The van der Waals surface area contributed by atoms with Crippen LogP contribution in [0.25, 0.3) is 0 Å². The minimum absolute atomic E-state index is 0.153. The zero-order chi connectivity index (χ0) is 12.1. The van der Waals surface area contributed by atoms with Gasteiger partial charge in [0.15, 0.2) is 0 Å². The Balaban J connectivity index is 2.31. The summed E-state index contributed by atoms with van der Waals surface area (Å²) in [7, 11) is 3.55. The van der Waals surface area contributed by atoms with E-state index in [1.807, 2.05) is 13.1 Å². The maximum atomic E-state index is 11.3. The van der Waals surface area contributed by atoms with E-state index in [1.54, 1.807) is 30.3 Å². The Morgan fingerprint density at radius 2 is 2.31 bits per heavy atom. The van der Waals surface area contributed by atoms with Crippen LogP contribution < -0.4 is 5.32 Å². The molecule has 90 valence electrons. The molecule has 0 aliphatic carbocycles. The van der Waals surface area contributed by atoms with Gasteiger partial charge in [-0.25, -0.2) is 4.98 Å². The zero-order valence-electron chi connectivity index (χ0n) is 10.3. The van der Waals surface area contributed by atoms with Crippen molar-refractivity contribution in [2.45, 2.75) is 26.3 Å². The molecule has 0 radical (unpaired) electrons. The molecule has 1 N–H and O–H groups in total. The Bertz CT molecular complexity index is 349. The summed E-state index contributed by atoms with van der Waals surface area (Å²) in [5.41, 5.74) is 0. The van der Waals surface area contributed by atoms with E-state index in [0.29, 0.717) is 13.0 Å². The van der Waals surface area contributed by atoms with Gasteiger partial charge in [-0.3, -0.25) is 4.79 Å². The molecule has 4 nitrogen and oxygen atoms in total. The summed E-state index contributed by atoms with van der Waals surface area (Å²) in [6, 6.07) is 0.265. The highest BCUT2D eigenvalue weighted by molar-refractivity contribution is 7.11. The number of hydrogen-bond acceptors (Lipinski definition) is 4. The predicted octanol–water partition coefficient (Wildman–Crippen LogP) is 1.58. The summed E-state index contributed by atoms with van der Waals surface area (Å²) >= 11 is 1.69. The summed E-state index contributed by atoms with van der Waals surface area (Å²) in [5.74, 6) is 0.153. The maximum Gasteiger partial charge on any atom is 0.223 e. The molecule has 16 heavy (non-hydrogen) atoms. The fourth-order valence-corrected chi connectivity index (χ4v) is 2.11. The van der Waals surface area contributed by atoms with E-state index in [4.69, 9.17) is 0 Å². The molecule has 0 aromatic carbocycles. The van der Waals surface area contributed by atoms with Gasteiger partial charge in [-0.15, -0.1) is 11.3 Å². The number of carbonyl (C=O) groups excluding carboxylic acids is 1. The lowest BCUT2D eigenvalue weighted by Gasteiger charge is -2.13. The van der Waals surface area contributed by atoms with Crippen LogP contribution >= 0.6 is 11.3 Å². The molecular formula is C11H19N3OS. The standard InChI is InChI=1S/C11H19N3OS/c1-8(10-7-13-9(2)16-10)12-6-5-11(15)14(3)4/h7-8,12H,5-6H2,1-4H3. The van der Waals surface area contributed by atoms with Crippen LogP contribution in [0.4, 0.5) is 0 Å². The highest BCUT2D eigenvalue weighted by Gasteiger charge is 2.09. The highest BCUT2D eigenvalue weighted by Crippen LogP contribution is 2.19. The van der Waals surface area contributed by atoms with Crippen LogP contribution in [0.5, 0.6) is 0 Å². The summed E-state index contributed by atoms with van der Waals surface area (Å²) < 4.78 is 0. The summed E-state index contributed by atoms with van der Waals surface area (Å²) in [5, 5.41) is 4.40. The minimum atomic E-state index is 0.153. The molecular weight excluding hydrogens is 222 g/mol. The molecule has 1 heterocycles. The highest BCUT2D eigenvalue weighted by atomic mass is 32.1. The van der Waals surface area contributed by atoms with Gasteiger partial charge in [0.05, 0.1) is 5.01 Å². The van der Waals surface area contributed by atoms with E-state index in [2.05, 4.69) is 17.2 Å². The average molecular weight is 241 g/mol. The van der Waals surface area contributed by atoms with Crippen LogP contribution in [0.2, 0.25) is 0 Å². The Morgan fingerprint density at radius 3 is 2.81 bits per heavy atom. The minimum Gasteiger partial charge on any atom is -0.349 e. The molecule has 0 saturated heterocycles. The number of amides is 1. The molecule has 1 atom stereocenters. The SMILES string of the molecule is Cc1ncc(C(C)NCCC(=O)N(C)C)s1. The van der Waals surface area contributed by atoms with Crippen LogP contribution in [0.3, 0.4) is 0 Å². The molecule has 0 aliphatic heterocycles. The first-order chi connectivity index (χ1) is 7.50. The van der Waals surface area contributed by atoms with Gasteiger partial charge in [-0.1, -0.05) is 0 Å². The van der Waals surface area contributed by atoms with Crippen molar-refractivity contribution in [3.63, 3.8) is 0 Å². The van der Waals surface area contributed by atoms with Crippen molar-refractivity contribution in [1.82, 2.24) is 15.2 Å². The molecule has 0 fully saturated rings. The number of hydrogen-bond donors (Lipinski definition) is 1. The Labute approximate surface area is 101 Å². The van der Waals surface area contributed by atoms with Gasteiger partial charge in [-0.2, -0.15) is 0 Å². The van der Waals surface area contributed by atoms with E-state index in [-0.39, 0.29) is 11.9 Å². The number of rotatable bonds is 5. The first-order valence-corrected chi connectivity index (χ1v) is 6.18. The van der Waals surface area contributed by atoms with E-state index in [0.717, 1.165) is 5.01 Å². The summed E-state index contributed by atoms with van der Waals surface area (Å²) in [6.07, 6.45) is 2.43. The Kier molecular flexibility index (Phi) is 4.89. The molecule has 1 amide bonds. The third-order valence-corrected chi connectivity index (χ3v) is 3.45. The lowest BCUT2D eigenvalue weighted by atomic mass is 10.3. The van der Waals surface area contributed by atoms with E-state index in [1.165, 1.54) is 4.88 Å². The van der Waals surface area contributed by atoms with E-state index < -0.39 is 0 Å². The lowest BCUT2D eigenvalue weighted by molar-refractivity contribution is -0.128. The van der Waals surface area contributed by atoms with Crippen molar-refractivity contribution in [2.75, 3.05) is 20.6 Å². The van der Waals surface area contributed by atoms with Crippen molar-refractivity contribution in [3.8, 4) is 0 Å². The smallest absolute Gasteiger partial charge is 0.223 e. The third-order valence-electron chi connectivity index (χ3n) is 2.35. The van der Waals surface area contributed by atoms with Gasteiger partial charge in [0, 0.05) is 44.2 Å². The van der Waals surface area contributed by atoms with Gasteiger partial charge in [0.2, 0.25) is 5.91 Å². The molecule has 0 aliphatic rings. The molecule has 1 rings (SSSR count). The molecule has 1 aromatic rings. The van der Waals surface area contributed by atoms with Crippen molar-refractivity contribution >= 4 is 17.2 Å². The first-order valence-electron chi connectivity index (χ1n) is 5.36. The molecule has 1 aromatic heterocycles. The third kappa shape index (κ3) is 3.90. The lowest BCUT2D eigenvalue weighted by Crippen LogP contribution is -2.27. The van der Waals surface area contributed by atoms with Crippen LogP contribution in [-0.4, -0.2) is 36.4 Å². The molecule has 0 bridgehead atoms. The average Bonchev–Trinajstić information content (AvgIpc) is 2.64. The molecule has 0 spiro atoms. The quantitative estimate of drug-likeness (QED) is 0.851. The van der Waals surface area contributed by atoms with Gasteiger partial charge >= 0.3 is 0 Å². The van der Waals surface area contributed by atoms with Crippen LogP contribution in [0.1, 0.15) is 29.3 Å². The van der Waals surface area contributed by atoms with Gasteiger partial charge in [0.1, 0.15) is 0 Å². The van der Waals surface area contributed by atoms with E-state index in [9.17, 15) is 4.79 Å². The van der Waals surface area contributed by atoms with Gasteiger partial charge in [-0.05, 0) is 13.8 Å². The second kappa shape index (κ2) is 5.96. The van der Waals surface area contributed by atoms with E-state index >= 15 is 0 Å². The second-order valence-corrected chi connectivity index (χ2v) is 5.26. The van der Waals surface area contributed by atoms with Crippen LogP contribution in [0.15, 0.2) is 6.20 Å². The number of carbonyl (C=O) groups is 1. The monoisotopic (exact) mass is 241 g/mol. The largest absolute Gasteiger partial charge is 0.349 e. The predicted molar refractivity (Wildman–Crippen MR) is 66.6 cm³/mol. The number of nitrogens with one attached hydrogen (secondary N) is 1. The number of aromatic nitrogens is 1. The van der Waals surface area contributed by atoms with Crippen molar-refractivity contribution in [1.29, 1.82) is 0 Å². The van der Waals surface area contributed by atoms with Crippen molar-refractivity contribution in [3.05, 3.63) is 16.1 Å². The number of nitrogens with zero attached hydrogens (tertiary/aromatic N) is 2. The van der Waals surface area contributed by atoms with Crippen molar-refractivity contribution < 1.29 is 4.79 Å². The summed E-state index contributed by atoms with van der Waals surface area (Å²) in [6.45, 7) is 4.79. The fraction of sp³-hybridized carbons (Fsp3) is 0.636. The topological polar surface area (TPSA) is 45.2 Å². The van der Waals surface area contributed by atoms with Crippen LogP contribution in [-0.2, 0) is 4.79 Å². The Morgan fingerprint density at radius 1 is 1.62 bits per heavy atom. The number of thiazole rings is 1. The second-order valence-electron chi connectivity index (χ2n) is 4.00. The molecule has 0 saturated carbocycles. The molecule has 5 heteroatoms. The van der Waals surface area contributed by atoms with Crippen LogP contribution in [0, 0.1) is 6.92 Å². The Hall–Kier alpha value is -0.940. The number of aryl methyl sites for hydroxylation is 1. The maximum absolute atomic E-state index is 11.3. The fourth-order valence-electron chi connectivity index (χ4n) is 1.30.